The van der Waals surface area contributed by atoms with Crippen molar-refractivity contribution in [2.45, 2.75) is 20.0 Å². The van der Waals surface area contributed by atoms with Crippen LogP contribution in [0.4, 0.5) is 5.69 Å². The zero-order chi connectivity index (χ0) is 21.6. The first kappa shape index (κ1) is 20.4. The van der Waals surface area contributed by atoms with Crippen LogP contribution in [0, 0.1) is 6.92 Å². The van der Waals surface area contributed by atoms with Crippen molar-refractivity contribution in [2.75, 3.05) is 5.32 Å². The van der Waals surface area contributed by atoms with E-state index in [0.717, 1.165) is 11.3 Å². The van der Waals surface area contributed by atoms with E-state index in [1.807, 2.05) is 31.2 Å². The van der Waals surface area contributed by atoms with Crippen molar-refractivity contribution in [1.29, 1.82) is 0 Å². The minimum atomic E-state index is -0.516. The number of nitrogens with zero attached hydrogens (tertiary/aromatic N) is 5. The number of thiazole rings is 1. The van der Waals surface area contributed by atoms with Gasteiger partial charge in [0, 0.05) is 11.1 Å². The van der Waals surface area contributed by atoms with E-state index in [1.165, 1.54) is 22.3 Å². The van der Waals surface area contributed by atoms with Crippen LogP contribution in [0.2, 0.25) is 0 Å². The summed E-state index contributed by atoms with van der Waals surface area (Å²) in [5.41, 5.74) is 3.20. The standard InChI is InChI=1S/C21H18N6O3S/c1-14-6-2-4-8-17(14)24-19(28)10-20-23-15(12-31-20)11-30-21(29)16-7-3-5-9-18(16)27-13-22-25-26-27/h2-9,12-13H,10-11H2,1H3,(H,24,28). The van der Waals surface area contributed by atoms with Gasteiger partial charge in [-0.05, 0) is 41.1 Å². The van der Waals surface area contributed by atoms with Gasteiger partial charge in [-0.25, -0.2) is 9.78 Å². The molecular formula is C21H18N6O3S. The summed E-state index contributed by atoms with van der Waals surface area (Å²) in [5, 5.41) is 16.3. The number of carbonyl (C=O) groups is 2. The Morgan fingerprint density at radius 1 is 1.13 bits per heavy atom. The first-order valence-electron chi connectivity index (χ1n) is 9.38. The highest BCUT2D eigenvalue weighted by Gasteiger charge is 2.16. The van der Waals surface area contributed by atoms with Crippen LogP contribution in [0.1, 0.15) is 26.6 Å². The molecule has 0 aliphatic carbocycles. The predicted octanol–water partition coefficient (Wildman–Crippen LogP) is 2.97. The number of para-hydroxylation sites is 2. The summed E-state index contributed by atoms with van der Waals surface area (Å²) in [6.07, 6.45) is 1.55. The maximum Gasteiger partial charge on any atom is 0.340 e. The second-order valence-corrected chi connectivity index (χ2v) is 7.56. The van der Waals surface area contributed by atoms with Crippen LogP contribution in [-0.2, 0) is 22.6 Å². The largest absolute Gasteiger partial charge is 0.455 e. The number of esters is 1. The molecule has 156 valence electrons. The normalized spacial score (nSPS) is 10.6. The number of rotatable bonds is 7. The van der Waals surface area contributed by atoms with Crippen LogP contribution in [0.3, 0.4) is 0 Å². The van der Waals surface area contributed by atoms with Crippen LogP contribution >= 0.6 is 11.3 Å². The van der Waals surface area contributed by atoms with Gasteiger partial charge in [-0.3, -0.25) is 4.79 Å². The number of anilines is 1. The number of nitrogens with one attached hydrogen (secondary N) is 1. The number of ether oxygens (including phenoxy) is 1. The molecule has 1 N–H and O–H groups in total. The van der Waals surface area contributed by atoms with Crippen LogP contribution in [0.15, 0.2) is 60.2 Å². The van der Waals surface area contributed by atoms with Gasteiger partial charge in [0.25, 0.3) is 0 Å². The molecule has 0 spiro atoms. The van der Waals surface area contributed by atoms with Crippen molar-refractivity contribution < 1.29 is 14.3 Å². The average molecular weight is 434 g/mol. The SMILES string of the molecule is Cc1ccccc1NC(=O)Cc1nc(COC(=O)c2ccccc2-n2cnnn2)cs1. The van der Waals surface area contributed by atoms with E-state index < -0.39 is 5.97 Å². The molecule has 0 aliphatic heterocycles. The Morgan fingerprint density at radius 3 is 2.74 bits per heavy atom. The van der Waals surface area contributed by atoms with Crippen molar-refractivity contribution in [3.05, 3.63) is 82.1 Å². The molecule has 0 unspecified atom stereocenters. The van der Waals surface area contributed by atoms with E-state index in [1.54, 1.807) is 29.6 Å². The lowest BCUT2D eigenvalue weighted by Crippen LogP contribution is -2.15. The number of benzene rings is 2. The molecule has 0 fully saturated rings. The number of carbonyl (C=O) groups excluding carboxylic acids is 2. The van der Waals surface area contributed by atoms with Crippen LogP contribution in [0.5, 0.6) is 0 Å². The van der Waals surface area contributed by atoms with E-state index >= 15 is 0 Å². The summed E-state index contributed by atoms with van der Waals surface area (Å²) in [6.45, 7) is 1.93. The van der Waals surface area contributed by atoms with E-state index in [2.05, 4.69) is 25.8 Å². The fourth-order valence-electron chi connectivity index (χ4n) is 2.88. The number of aryl methyl sites for hydroxylation is 1. The number of hydrogen-bond donors (Lipinski definition) is 1. The molecule has 2 aromatic heterocycles. The van der Waals surface area contributed by atoms with Crippen LogP contribution < -0.4 is 5.32 Å². The molecule has 31 heavy (non-hydrogen) atoms. The minimum Gasteiger partial charge on any atom is -0.455 e. The summed E-state index contributed by atoms with van der Waals surface area (Å²) < 4.78 is 6.80. The topological polar surface area (TPSA) is 112 Å². The molecule has 9 nitrogen and oxygen atoms in total. The van der Waals surface area contributed by atoms with Gasteiger partial charge in [-0.2, -0.15) is 4.68 Å². The van der Waals surface area contributed by atoms with Gasteiger partial charge in [0.1, 0.15) is 17.9 Å². The van der Waals surface area contributed by atoms with Crippen molar-refractivity contribution in [1.82, 2.24) is 25.2 Å². The molecule has 0 bridgehead atoms. The van der Waals surface area contributed by atoms with E-state index in [4.69, 9.17) is 4.74 Å². The molecule has 0 aliphatic rings. The van der Waals surface area contributed by atoms with Gasteiger partial charge in [-0.1, -0.05) is 30.3 Å². The minimum absolute atomic E-state index is 0.00130. The highest BCUT2D eigenvalue weighted by atomic mass is 32.1. The van der Waals surface area contributed by atoms with Gasteiger partial charge >= 0.3 is 5.97 Å². The molecule has 2 aromatic carbocycles. The highest BCUT2D eigenvalue weighted by Crippen LogP contribution is 2.18. The van der Waals surface area contributed by atoms with Crippen molar-refractivity contribution in [2.24, 2.45) is 0 Å². The zero-order valence-corrected chi connectivity index (χ0v) is 17.4. The molecule has 1 amide bonds. The summed E-state index contributed by atoms with van der Waals surface area (Å²) in [6, 6.07) is 14.5. The molecule has 2 heterocycles. The van der Waals surface area contributed by atoms with Gasteiger partial charge in [-0.15, -0.1) is 16.4 Å². The maximum absolute atomic E-state index is 12.6. The van der Waals surface area contributed by atoms with Crippen molar-refractivity contribution in [3.63, 3.8) is 0 Å². The second kappa shape index (κ2) is 9.26. The Morgan fingerprint density at radius 2 is 1.94 bits per heavy atom. The highest BCUT2D eigenvalue weighted by molar-refractivity contribution is 7.09. The number of amides is 1. The van der Waals surface area contributed by atoms with Gasteiger partial charge in [0.2, 0.25) is 5.91 Å². The first-order valence-corrected chi connectivity index (χ1v) is 10.3. The fourth-order valence-corrected chi connectivity index (χ4v) is 3.65. The zero-order valence-electron chi connectivity index (χ0n) is 16.6. The van der Waals surface area contributed by atoms with Gasteiger partial charge < -0.3 is 10.1 Å². The summed E-state index contributed by atoms with van der Waals surface area (Å²) in [7, 11) is 0. The number of hydrogen-bond acceptors (Lipinski definition) is 8. The Bertz CT molecular complexity index is 1210. The van der Waals surface area contributed by atoms with E-state index in [9.17, 15) is 9.59 Å². The molecule has 0 radical (unpaired) electrons. The molecular weight excluding hydrogens is 416 g/mol. The average Bonchev–Trinajstić information content (AvgIpc) is 3.46. The predicted molar refractivity (Wildman–Crippen MR) is 114 cm³/mol. The van der Waals surface area contributed by atoms with Crippen molar-refractivity contribution in [3.8, 4) is 5.69 Å². The first-order chi connectivity index (χ1) is 15.1. The lowest BCUT2D eigenvalue weighted by atomic mass is 10.2. The molecule has 0 saturated heterocycles. The lowest BCUT2D eigenvalue weighted by molar-refractivity contribution is -0.115. The molecule has 0 saturated carbocycles. The van der Waals surface area contributed by atoms with Gasteiger partial charge in [0.15, 0.2) is 0 Å². The fraction of sp³-hybridized carbons (Fsp3) is 0.143. The van der Waals surface area contributed by atoms with Crippen LogP contribution in [0.25, 0.3) is 5.69 Å². The van der Waals surface area contributed by atoms with E-state index in [-0.39, 0.29) is 18.9 Å². The Hall–Kier alpha value is -3.92. The van der Waals surface area contributed by atoms with E-state index in [0.29, 0.717) is 22.0 Å². The lowest BCUT2D eigenvalue weighted by Gasteiger charge is -2.08. The van der Waals surface area contributed by atoms with Crippen LogP contribution in [-0.4, -0.2) is 37.1 Å². The Kier molecular flexibility index (Phi) is 6.08. The monoisotopic (exact) mass is 434 g/mol. The quantitative estimate of drug-likeness (QED) is 0.445. The summed E-state index contributed by atoms with van der Waals surface area (Å²) in [5.74, 6) is -0.666. The third kappa shape index (κ3) is 4.98. The maximum atomic E-state index is 12.6. The summed E-state index contributed by atoms with van der Waals surface area (Å²) in [4.78, 5) is 29.3. The summed E-state index contributed by atoms with van der Waals surface area (Å²) >= 11 is 1.35. The Balaban J connectivity index is 1.35. The smallest absolute Gasteiger partial charge is 0.340 e. The third-order valence-electron chi connectivity index (χ3n) is 4.40. The van der Waals surface area contributed by atoms with Gasteiger partial charge in [0.05, 0.1) is 23.4 Å². The Labute approximate surface area is 181 Å². The second-order valence-electron chi connectivity index (χ2n) is 6.62. The number of tetrazole rings is 1. The molecule has 0 atom stereocenters. The number of aromatic nitrogens is 5. The molecule has 10 heteroatoms. The molecule has 4 aromatic rings. The third-order valence-corrected chi connectivity index (χ3v) is 5.30. The van der Waals surface area contributed by atoms with Crippen molar-refractivity contribution >= 4 is 28.9 Å². The molecule has 4 rings (SSSR count).